The van der Waals surface area contributed by atoms with Crippen molar-refractivity contribution in [2.24, 2.45) is 0 Å². The van der Waals surface area contributed by atoms with Crippen molar-refractivity contribution in [1.82, 2.24) is 9.78 Å². The van der Waals surface area contributed by atoms with Gasteiger partial charge in [-0.05, 0) is 19.1 Å². The van der Waals surface area contributed by atoms with Crippen LogP contribution in [0.5, 0.6) is 0 Å². The van der Waals surface area contributed by atoms with Gasteiger partial charge in [0.25, 0.3) is 5.56 Å². The molecule has 0 unspecified atom stereocenters. The van der Waals surface area contributed by atoms with E-state index in [9.17, 15) is 4.79 Å². The highest BCUT2D eigenvalue weighted by molar-refractivity contribution is 5.83. The van der Waals surface area contributed by atoms with Gasteiger partial charge in [0.15, 0.2) is 0 Å². The molecule has 0 aliphatic rings. The molecule has 0 atom stereocenters. The van der Waals surface area contributed by atoms with Gasteiger partial charge in [-0.1, -0.05) is 6.07 Å². The molecule has 2 aromatic rings. The third-order valence-corrected chi connectivity index (χ3v) is 2.22. The number of H-pyrrole nitrogens is 1. The quantitative estimate of drug-likeness (QED) is 0.729. The highest BCUT2D eigenvalue weighted by Gasteiger charge is 2.07. The van der Waals surface area contributed by atoms with Gasteiger partial charge in [-0.15, -0.1) is 0 Å². The fourth-order valence-corrected chi connectivity index (χ4v) is 1.50. The van der Waals surface area contributed by atoms with Crippen LogP contribution in [0, 0.1) is 11.3 Å². The van der Waals surface area contributed by atoms with Gasteiger partial charge in [0.2, 0.25) is 0 Å². The number of hydrogen-bond donors (Lipinski definition) is 1. The van der Waals surface area contributed by atoms with Crippen LogP contribution in [0.1, 0.15) is 12.5 Å². The predicted molar refractivity (Wildman–Crippen MR) is 52.9 cm³/mol. The third-order valence-electron chi connectivity index (χ3n) is 2.22. The zero-order valence-corrected chi connectivity index (χ0v) is 7.74. The van der Waals surface area contributed by atoms with Crippen LogP contribution >= 0.6 is 0 Å². The lowest BCUT2D eigenvalue weighted by Gasteiger charge is -1.92. The summed E-state index contributed by atoms with van der Waals surface area (Å²) >= 11 is 0. The molecule has 0 spiro atoms. The number of aromatic nitrogens is 2. The van der Waals surface area contributed by atoms with E-state index in [1.54, 1.807) is 18.2 Å². The molecule has 1 aromatic heterocycles. The highest BCUT2D eigenvalue weighted by Crippen LogP contribution is 2.11. The number of benzene rings is 1. The zero-order chi connectivity index (χ0) is 10.1. The van der Waals surface area contributed by atoms with Crippen LogP contribution in [0.4, 0.5) is 0 Å². The molecule has 0 saturated heterocycles. The average molecular weight is 187 g/mol. The SMILES string of the molecule is CCn1[nH]c2c(C#N)cccc2c1=O. The molecule has 70 valence electrons. The normalized spacial score (nSPS) is 10.3. The fraction of sp³-hybridized carbons (Fsp3) is 0.200. The van der Waals surface area contributed by atoms with E-state index < -0.39 is 0 Å². The van der Waals surface area contributed by atoms with Gasteiger partial charge in [-0.25, -0.2) is 0 Å². The Kier molecular flexibility index (Phi) is 1.86. The maximum absolute atomic E-state index is 11.6. The largest absolute Gasteiger partial charge is 0.294 e. The van der Waals surface area contributed by atoms with Crippen LogP contribution in [0.25, 0.3) is 10.9 Å². The van der Waals surface area contributed by atoms with Gasteiger partial charge in [-0.3, -0.25) is 14.6 Å². The van der Waals surface area contributed by atoms with Crippen molar-refractivity contribution in [3.8, 4) is 6.07 Å². The molecule has 1 aromatic carbocycles. The van der Waals surface area contributed by atoms with E-state index in [4.69, 9.17) is 5.26 Å². The van der Waals surface area contributed by atoms with E-state index >= 15 is 0 Å². The molecule has 14 heavy (non-hydrogen) atoms. The first-order valence-corrected chi connectivity index (χ1v) is 4.39. The standard InChI is InChI=1S/C10H9N3O/c1-2-13-10(14)8-5-3-4-7(6-11)9(8)12-13/h3-5,12H,2H2,1H3. The van der Waals surface area contributed by atoms with Crippen molar-refractivity contribution in [3.05, 3.63) is 34.1 Å². The number of hydrogen-bond acceptors (Lipinski definition) is 2. The van der Waals surface area contributed by atoms with Crippen LogP contribution in [0.3, 0.4) is 0 Å². The number of rotatable bonds is 1. The minimum Gasteiger partial charge on any atom is -0.294 e. The Morgan fingerprint density at radius 2 is 2.36 bits per heavy atom. The number of nitrogens with one attached hydrogen (secondary N) is 1. The predicted octanol–water partition coefficient (Wildman–Crippen LogP) is 1.22. The summed E-state index contributed by atoms with van der Waals surface area (Å²) in [5.41, 5.74) is 1.06. The summed E-state index contributed by atoms with van der Waals surface area (Å²) in [7, 11) is 0. The van der Waals surface area contributed by atoms with Crippen molar-refractivity contribution >= 4 is 10.9 Å². The van der Waals surface area contributed by atoms with Crippen LogP contribution < -0.4 is 5.56 Å². The van der Waals surface area contributed by atoms with E-state index in [2.05, 4.69) is 11.2 Å². The summed E-state index contributed by atoms with van der Waals surface area (Å²) in [6.07, 6.45) is 0. The fourth-order valence-electron chi connectivity index (χ4n) is 1.50. The molecule has 1 N–H and O–H groups in total. The van der Waals surface area contributed by atoms with E-state index in [0.29, 0.717) is 23.0 Å². The molecule has 0 radical (unpaired) electrons. The van der Waals surface area contributed by atoms with Gasteiger partial charge in [0.1, 0.15) is 6.07 Å². The van der Waals surface area contributed by atoms with Crippen molar-refractivity contribution in [1.29, 1.82) is 5.26 Å². The summed E-state index contributed by atoms with van der Waals surface area (Å²) in [5, 5.41) is 12.3. The third kappa shape index (κ3) is 1.03. The molecule has 0 saturated carbocycles. The molecule has 0 aliphatic heterocycles. The molecule has 4 nitrogen and oxygen atoms in total. The van der Waals surface area contributed by atoms with Gasteiger partial charge in [0.05, 0.1) is 16.5 Å². The Morgan fingerprint density at radius 1 is 1.57 bits per heavy atom. The van der Waals surface area contributed by atoms with Crippen LogP contribution in [0.2, 0.25) is 0 Å². The Bertz CT molecular complexity index is 571. The van der Waals surface area contributed by atoms with Crippen molar-refractivity contribution in [3.63, 3.8) is 0 Å². The second-order valence-corrected chi connectivity index (χ2v) is 3.00. The Hall–Kier alpha value is -2.02. The summed E-state index contributed by atoms with van der Waals surface area (Å²) in [4.78, 5) is 11.6. The topological polar surface area (TPSA) is 61.6 Å². The number of para-hydroxylation sites is 1. The highest BCUT2D eigenvalue weighted by atomic mass is 16.1. The van der Waals surface area contributed by atoms with Crippen molar-refractivity contribution < 1.29 is 0 Å². The van der Waals surface area contributed by atoms with E-state index in [-0.39, 0.29) is 5.56 Å². The lowest BCUT2D eigenvalue weighted by Crippen LogP contribution is -2.14. The van der Waals surface area contributed by atoms with Crippen molar-refractivity contribution in [2.75, 3.05) is 0 Å². The van der Waals surface area contributed by atoms with Gasteiger partial charge < -0.3 is 0 Å². The zero-order valence-electron chi connectivity index (χ0n) is 7.74. The second kappa shape index (κ2) is 3.04. The first-order valence-electron chi connectivity index (χ1n) is 4.39. The van der Waals surface area contributed by atoms with E-state index in [1.807, 2.05) is 6.92 Å². The smallest absolute Gasteiger partial charge is 0.274 e. The lowest BCUT2D eigenvalue weighted by atomic mass is 10.2. The van der Waals surface area contributed by atoms with E-state index in [0.717, 1.165) is 0 Å². The first-order chi connectivity index (χ1) is 6.77. The number of aryl methyl sites for hydroxylation is 1. The summed E-state index contributed by atoms with van der Waals surface area (Å²) in [6.45, 7) is 2.46. The summed E-state index contributed by atoms with van der Waals surface area (Å²) in [6, 6.07) is 7.19. The summed E-state index contributed by atoms with van der Waals surface area (Å²) in [5.74, 6) is 0. The number of aromatic amines is 1. The number of nitrogens with zero attached hydrogens (tertiary/aromatic N) is 2. The summed E-state index contributed by atoms with van der Waals surface area (Å²) < 4.78 is 1.49. The molecule has 2 rings (SSSR count). The maximum Gasteiger partial charge on any atom is 0.274 e. The molecular formula is C10H9N3O. The molecule has 0 bridgehead atoms. The minimum absolute atomic E-state index is 0.0698. The number of fused-ring (bicyclic) bond motifs is 1. The molecular weight excluding hydrogens is 178 g/mol. The van der Waals surface area contributed by atoms with Crippen LogP contribution in [0.15, 0.2) is 23.0 Å². The first kappa shape index (κ1) is 8.57. The molecule has 0 amide bonds. The molecule has 0 aliphatic carbocycles. The molecule has 1 heterocycles. The maximum atomic E-state index is 11.6. The van der Waals surface area contributed by atoms with E-state index in [1.165, 1.54) is 4.68 Å². The van der Waals surface area contributed by atoms with Crippen molar-refractivity contribution in [2.45, 2.75) is 13.5 Å². The van der Waals surface area contributed by atoms with Crippen LogP contribution in [-0.4, -0.2) is 9.78 Å². The lowest BCUT2D eigenvalue weighted by molar-refractivity contribution is 0.646. The molecule has 0 fully saturated rings. The molecule has 4 heteroatoms. The Labute approximate surface area is 80.4 Å². The second-order valence-electron chi connectivity index (χ2n) is 3.00. The van der Waals surface area contributed by atoms with Crippen LogP contribution in [-0.2, 0) is 6.54 Å². The number of nitriles is 1. The minimum atomic E-state index is -0.0698. The van der Waals surface area contributed by atoms with Gasteiger partial charge in [0, 0.05) is 6.54 Å². The van der Waals surface area contributed by atoms with Gasteiger partial charge in [-0.2, -0.15) is 5.26 Å². The Morgan fingerprint density at radius 3 is 3.00 bits per heavy atom. The van der Waals surface area contributed by atoms with Gasteiger partial charge >= 0.3 is 0 Å². The monoisotopic (exact) mass is 187 g/mol. The average Bonchev–Trinajstić information content (AvgIpc) is 2.55. The Balaban J connectivity index is 2.93.